The van der Waals surface area contributed by atoms with Crippen molar-refractivity contribution in [3.63, 3.8) is 0 Å². The molecule has 0 spiro atoms. The van der Waals surface area contributed by atoms with Gasteiger partial charge in [0.05, 0.1) is 0 Å². The van der Waals surface area contributed by atoms with E-state index in [1.807, 2.05) is 6.92 Å². The summed E-state index contributed by atoms with van der Waals surface area (Å²) in [5.41, 5.74) is 2.46. The molecule has 24 heavy (non-hydrogen) atoms. The molecule has 0 aliphatic carbocycles. The van der Waals surface area contributed by atoms with E-state index >= 15 is 0 Å². The van der Waals surface area contributed by atoms with Gasteiger partial charge in [-0.2, -0.15) is 0 Å². The SMILES string of the molecule is CC(=O)C(C/C=C(\C)CC/C=C(\C)CCC=C(C)C)P(=O)(O)N=O. The lowest BCUT2D eigenvalue weighted by Crippen LogP contribution is -2.16. The number of hydrogen-bond acceptors (Lipinski definition) is 3. The van der Waals surface area contributed by atoms with Crippen molar-refractivity contribution >= 4 is 13.3 Å². The standard InChI is InChI=1S/C18H30NO4P/c1-14(2)8-6-9-15(3)10-7-11-16(4)12-13-18(17(5)20)24(22,23)19-21/h8,10,12,18H,6-7,9,11,13H2,1-5H3,(H,22,23)/b15-10+,16-12+. The van der Waals surface area contributed by atoms with E-state index in [2.05, 4.69) is 37.9 Å². The van der Waals surface area contributed by atoms with Crippen molar-refractivity contribution in [2.24, 2.45) is 4.95 Å². The van der Waals surface area contributed by atoms with Crippen molar-refractivity contribution in [3.8, 4) is 0 Å². The highest BCUT2D eigenvalue weighted by Gasteiger charge is 2.35. The van der Waals surface area contributed by atoms with Gasteiger partial charge in [-0.3, -0.25) is 9.36 Å². The van der Waals surface area contributed by atoms with Crippen molar-refractivity contribution in [3.05, 3.63) is 39.9 Å². The molecule has 0 aromatic carbocycles. The van der Waals surface area contributed by atoms with Gasteiger partial charge in [-0.1, -0.05) is 34.9 Å². The van der Waals surface area contributed by atoms with Crippen molar-refractivity contribution < 1.29 is 14.3 Å². The van der Waals surface area contributed by atoms with Gasteiger partial charge in [-0.05, 0) is 66.7 Å². The third kappa shape index (κ3) is 9.74. The number of Topliss-reactive ketones (excluding diaryl/α,β-unsaturated/α-hetero) is 1. The second-order valence-corrected chi connectivity index (χ2v) is 8.46. The Morgan fingerprint density at radius 3 is 1.96 bits per heavy atom. The summed E-state index contributed by atoms with van der Waals surface area (Å²) in [4.78, 5) is 33.6. The maximum Gasteiger partial charge on any atom is 0.360 e. The van der Waals surface area contributed by atoms with Crippen LogP contribution in [0.1, 0.15) is 66.7 Å². The average molecular weight is 355 g/mol. The molecule has 6 heteroatoms. The smallest absolute Gasteiger partial charge is 0.326 e. The lowest BCUT2D eigenvalue weighted by Gasteiger charge is -2.12. The minimum Gasteiger partial charge on any atom is -0.326 e. The number of nitrogens with zero attached hydrogens (tertiary/aromatic N) is 1. The summed E-state index contributed by atoms with van der Waals surface area (Å²) in [5.74, 6) is -0.487. The van der Waals surface area contributed by atoms with Crippen LogP contribution in [0.2, 0.25) is 0 Å². The molecule has 1 N–H and O–H groups in total. The lowest BCUT2D eigenvalue weighted by atomic mass is 10.1. The van der Waals surface area contributed by atoms with Gasteiger partial charge in [0.2, 0.25) is 0 Å². The first-order chi connectivity index (χ1) is 11.1. The molecule has 0 saturated heterocycles. The Hall–Kier alpha value is -1.32. The zero-order chi connectivity index (χ0) is 18.8. The molecule has 0 heterocycles. The van der Waals surface area contributed by atoms with Crippen LogP contribution in [0.5, 0.6) is 0 Å². The summed E-state index contributed by atoms with van der Waals surface area (Å²) in [6, 6.07) is 0. The summed E-state index contributed by atoms with van der Waals surface area (Å²) in [6.45, 7) is 9.42. The number of allylic oxidation sites excluding steroid dienone is 6. The van der Waals surface area contributed by atoms with Crippen LogP contribution >= 0.6 is 7.52 Å². The Morgan fingerprint density at radius 1 is 1.00 bits per heavy atom. The molecule has 0 saturated carbocycles. The van der Waals surface area contributed by atoms with Gasteiger partial charge in [-0.25, -0.2) is 0 Å². The minimum atomic E-state index is -4.30. The fourth-order valence-corrected chi connectivity index (χ4v) is 3.22. The van der Waals surface area contributed by atoms with Crippen LogP contribution in [0.25, 0.3) is 0 Å². The van der Waals surface area contributed by atoms with Crippen LogP contribution in [0, 0.1) is 4.91 Å². The average Bonchev–Trinajstić information content (AvgIpc) is 2.46. The summed E-state index contributed by atoms with van der Waals surface area (Å²) < 4.78 is 11.6. The van der Waals surface area contributed by atoms with Crippen molar-refractivity contribution in [2.75, 3.05) is 0 Å². The predicted molar refractivity (Wildman–Crippen MR) is 100 cm³/mol. The van der Waals surface area contributed by atoms with Crippen LogP contribution in [0.15, 0.2) is 39.9 Å². The third-order valence-corrected chi connectivity index (χ3v) is 5.42. The second-order valence-electron chi connectivity index (χ2n) is 6.49. The molecule has 0 aromatic heterocycles. The first-order valence-corrected chi connectivity index (χ1v) is 9.90. The third-order valence-electron chi connectivity index (χ3n) is 3.80. The topological polar surface area (TPSA) is 83.8 Å². The molecule has 5 nitrogen and oxygen atoms in total. The molecule has 0 amide bonds. The minimum absolute atomic E-state index is 0.0734. The molecular formula is C18H30NO4P. The van der Waals surface area contributed by atoms with Gasteiger partial charge in [0.15, 0.2) is 0 Å². The van der Waals surface area contributed by atoms with E-state index in [1.54, 1.807) is 6.08 Å². The zero-order valence-electron chi connectivity index (χ0n) is 15.4. The molecule has 0 rings (SSSR count). The largest absolute Gasteiger partial charge is 0.360 e. The molecular weight excluding hydrogens is 325 g/mol. The molecule has 2 atom stereocenters. The number of nitroso groups, excluding NO2 is 1. The maximum absolute atomic E-state index is 11.6. The van der Waals surface area contributed by atoms with E-state index < -0.39 is 19.0 Å². The molecule has 0 aliphatic heterocycles. The second kappa shape index (κ2) is 11.3. The monoisotopic (exact) mass is 355 g/mol. The van der Waals surface area contributed by atoms with Crippen molar-refractivity contribution in [1.82, 2.24) is 0 Å². The number of ketones is 1. The van der Waals surface area contributed by atoms with Crippen LogP contribution in [0.4, 0.5) is 0 Å². The van der Waals surface area contributed by atoms with E-state index in [1.165, 1.54) is 18.1 Å². The van der Waals surface area contributed by atoms with Crippen LogP contribution in [-0.4, -0.2) is 16.3 Å². The highest BCUT2D eigenvalue weighted by molar-refractivity contribution is 7.58. The first-order valence-electron chi connectivity index (χ1n) is 8.22. The lowest BCUT2D eigenvalue weighted by molar-refractivity contribution is -0.116. The number of carbonyl (C=O) groups excluding carboxylic acids is 1. The molecule has 0 aromatic rings. The van der Waals surface area contributed by atoms with E-state index in [-0.39, 0.29) is 6.42 Å². The quantitative estimate of drug-likeness (QED) is 0.292. The van der Waals surface area contributed by atoms with Crippen molar-refractivity contribution in [2.45, 2.75) is 72.4 Å². The van der Waals surface area contributed by atoms with E-state index in [0.717, 1.165) is 31.3 Å². The number of rotatable bonds is 11. The molecule has 0 fully saturated rings. The van der Waals surface area contributed by atoms with Crippen LogP contribution in [-0.2, 0) is 9.36 Å². The predicted octanol–water partition coefficient (Wildman–Crippen LogP) is 5.71. The van der Waals surface area contributed by atoms with Crippen molar-refractivity contribution in [1.29, 1.82) is 0 Å². The molecule has 0 radical (unpaired) electrons. The van der Waals surface area contributed by atoms with E-state index in [4.69, 9.17) is 0 Å². The zero-order valence-corrected chi connectivity index (χ0v) is 16.3. The maximum atomic E-state index is 11.6. The van der Waals surface area contributed by atoms with Gasteiger partial charge in [0, 0.05) is 4.95 Å². The first kappa shape index (κ1) is 22.7. The highest BCUT2D eigenvalue weighted by Crippen LogP contribution is 2.49. The van der Waals surface area contributed by atoms with Crippen LogP contribution < -0.4 is 0 Å². The number of hydrogen-bond donors (Lipinski definition) is 1. The molecule has 0 bridgehead atoms. The normalized spacial score (nSPS) is 16.2. The van der Waals surface area contributed by atoms with Crippen LogP contribution in [0.3, 0.4) is 0 Å². The fourth-order valence-electron chi connectivity index (χ4n) is 2.25. The number of carbonyl (C=O) groups is 1. The summed E-state index contributed by atoms with van der Waals surface area (Å²) in [7, 11) is -4.30. The Bertz CT molecular complexity index is 572. The van der Waals surface area contributed by atoms with Gasteiger partial charge < -0.3 is 4.89 Å². The van der Waals surface area contributed by atoms with Gasteiger partial charge in [0.1, 0.15) is 11.4 Å². The molecule has 2 unspecified atom stereocenters. The summed E-state index contributed by atoms with van der Waals surface area (Å²) >= 11 is 0. The Balaban J connectivity index is 4.50. The Kier molecular flexibility index (Phi) is 10.7. The van der Waals surface area contributed by atoms with Gasteiger partial charge in [0.25, 0.3) is 0 Å². The Labute approximate surface area is 145 Å². The van der Waals surface area contributed by atoms with E-state index in [0.29, 0.717) is 0 Å². The Morgan fingerprint density at radius 2 is 1.50 bits per heavy atom. The van der Waals surface area contributed by atoms with Gasteiger partial charge in [-0.15, -0.1) is 4.91 Å². The van der Waals surface area contributed by atoms with E-state index in [9.17, 15) is 19.2 Å². The fraction of sp³-hybridized carbons (Fsp3) is 0.611. The molecule has 136 valence electrons. The highest BCUT2D eigenvalue weighted by atomic mass is 31.2. The summed E-state index contributed by atoms with van der Waals surface area (Å²) in [5, 5.41) is 0. The van der Waals surface area contributed by atoms with Gasteiger partial charge >= 0.3 is 7.52 Å². The summed E-state index contributed by atoms with van der Waals surface area (Å²) in [6.07, 6.45) is 10.0. The molecule has 0 aliphatic rings.